The summed E-state index contributed by atoms with van der Waals surface area (Å²) in [7, 11) is 0. The van der Waals surface area contributed by atoms with E-state index in [-0.39, 0.29) is 23.7 Å². The molecule has 1 aliphatic carbocycles. The molecule has 0 spiro atoms. The van der Waals surface area contributed by atoms with E-state index in [4.69, 9.17) is 0 Å². The van der Waals surface area contributed by atoms with Gasteiger partial charge in [-0.15, -0.1) is 22.6 Å². The van der Waals surface area contributed by atoms with Crippen LogP contribution in [-0.2, 0) is 0 Å². The van der Waals surface area contributed by atoms with Crippen LogP contribution in [-0.4, -0.2) is 29.3 Å². The number of rotatable bonds is 3. The summed E-state index contributed by atoms with van der Waals surface area (Å²) in [6.07, 6.45) is 2.18. The maximum Gasteiger partial charge on any atom is 0.168 e. The molecule has 2 fully saturated rings. The van der Waals surface area contributed by atoms with Crippen LogP contribution >= 0.6 is 12.4 Å². The molecule has 0 amide bonds. The standard InChI is InChI=1S/C17H17F3N4.ClH/c18-11-5-13(17(20)14(19)6-11)15-1-2-16(24-23-15)22-12-3-9-7-21-8-10(9)4-12;/h1-2,5-6,9-10,12,21H,3-4,7-8H2,(H,22,24);1H/t9-,10+,12+;. The summed E-state index contributed by atoms with van der Waals surface area (Å²) in [6, 6.07) is 4.96. The Labute approximate surface area is 149 Å². The number of benzene rings is 1. The van der Waals surface area contributed by atoms with Crippen molar-refractivity contribution in [3.63, 3.8) is 0 Å². The predicted molar refractivity (Wildman–Crippen MR) is 91.1 cm³/mol. The second kappa shape index (κ2) is 7.17. The molecule has 0 radical (unpaired) electrons. The first-order valence-corrected chi connectivity index (χ1v) is 8.06. The number of anilines is 1. The molecule has 1 saturated carbocycles. The highest BCUT2D eigenvalue weighted by Gasteiger charge is 2.37. The molecule has 4 rings (SSSR count). The van der Waals surface area contributed by atoms with Crippen molar-refractivity contribution in [3.05, 3.63) is 41.7 Å². The Morgan fingerprint density at radius 3 is 2.36 bits per heavy atom. The first-order valence-electron chi connectivity index (χ1n) is 8.06. The molecule has 25 heavy (non-hydrogen) atoms. The molecule has 3 atom stereocenters. The van der Waals surface area contributed by atoms with Crippen molar-refractivity contribution in [1.82, 2.24) is 15.5 Å². The molecule has 134 valence electrons. The SMILES string of the molecule is Cl.Fc1cc(F)c(F)c(-c2ccc(N[C@@H]3C[C@H]4CNC[C@H]4C3)nn2)c1. The summed E-state index contributed by atoms with van der Waals surface area (Å²) in [5.41, 5.74) is -0.128. The Kier molecular flexibility index (Phi) is 5.15. The monoisotopic (exact) mass is 370 g/mol. The third-order valence-corrected chi connectivity index (χ3v) is 4.94. The molecule has 2 heterocycles. The molecule has 2 N–H and O–H groups in total. The number of fused-ring (bicyclic) bond motifs is 1. The van der Waals surface area contributed by atoms with E-state index in [9.17, 15) is 13.2 Å². The maximum absolute atomic E-state index is 13.8. The van der Waals surface area contributed by atoms with Crippen molar-refractivity contribution < 1.29 is 13.2 Å². The van der Waals surface area contributed by atoms with Gasteiger partial charge in [-0.2, -0.15) is 0 Å². The fourth-order valence-electron chi connectivity index (χ4n) is 3.79. The maximum atomic E-state index is 13.8. The molecule has 8 heteroatoms. The van der Waals surface area contributed by atoms with Gasteiger partial charge in [-0.05, 0) is 56.0 Å². The smallest absolute Gasteiger partial charge is 0.168 e. The van der Waals surface area contributed by atoms with Crippen LogP contribution in [0.3, 0.4) is 0 Å². The van der Waals surface area contributed by atoms with Gasteiger partial charge < -0.3 is 10.6 Å². The first kappa shape index (κ1) is 17.9. The zero-order valence-corrected chi connectivity index (χ0v) is 14.1. The number of hydrogen-bond donors (Lipinski definition) is 2. The average molecular weight is 371 g/mol. The van der Waals surface area contributed by atoms with Crippen molar-refractivity contribution in [1.29, 1.82) is 0 Å². The van der Waals surface area contributed by atoms with Crippen LogP contribution in [0.4, 0.5) is 19.0 Å². The Balaban J connectivity index is 0.00000182. The summed E-state index contributed by atoms with van der Waals surface area (Å²) in [6.45, 7) is 2.13. The summed E-state index contributed by atoms with van der Waals surface area (Å²) < 4.78 is 40.4. The fraction of sp³-hybridized carbons (Fsp3) is 0.412. The molecule has 0 unspecified atom stereocenters. The highest BCUT2D eigenvalue weighted by molar-refractivity contribution is 5.85. The van der Waals surface area contributed by atoms with Crippen LogP contribution in [0.5, 0.6) is 0 Å². The lowest BCUT2D eigenvalue weighted by molar-refractivity contribution is 0.494. The van der Waals surface area contributed by atoms with Crippen molar-refractivity contribution in [2.75, 3.05) is 18.4 Å². The van der Waals surface area contributed by atoms with Gasteiger partial charge in [-0.25, -0.2) is 13.2 Å². The molecule has 0 bridgehead atoms. The van der Waals surface area contributed by atoms with Crippen molar-refractivity contribution in [3.8, 4) is 11.3 Å². The van der Waals surface area contributed by atoms with Gasteiger partial charge >= 0.3 is 0 Å². The quantitative estimate of drug-likeness (QED) is 0.813. The number of aromatic nitrogens is 2. The van der Waals surface area contributed by atoms with E-state index in [1.54, 1.807) is 6.07 Å². The van der Waals surface area contributed by atoms with Crippen LogP contribution in [0.1, 0.15) is 12.8 Å². The topological polar surface area (TPSA) is 49.8 Å². The molecule has 1 aliphatic heterocycles. The first-order chi connectivity index (χ1) is 11.6. The highest BCUT2D eigenvalue weighted by Crippen LogP contribution is 2.35. The lowest BCUT2D eigenvalue weighted by Gasteiger charge is -2.14. The van der Waals surface area contributed by atoms with Crippen molar-refractivity contribution >= 4 is 18.2 Å². The van der Waals surface area contributed by atoms with Crippen molar-refractivity contribution in [2.45, 2.75) is 18.9 Å². The Morgan fingerprint density at radius 1 is 1.00 bits per heavy atom. The minimum Gasteiger partial charge on any atom is -0.366 e. The van der Waals surface area contributed by atoms with Gasteiger partial charge in [0.25, 0.3) is 0 Å². The van der Waals surface area contributed by atoms with Gasteiger partial charge in [-0.1, -0.05) is 0 Å². The van der Waals surface area contributed by atoms with Crippen LogP contribution in [0.2, 0.25) is 0 Å². The molecular weight excluding hydrogens is 353 g/mol. The second-order valence-electron chi connectivity index (χ2n) is 6.54. The third-order valence-electron chi connectivity index (χ3n) is 4.94. The Morgan fingerprint density at radius 2 is 1.72 bits per heavy atom. The van der Waals surface area contributed by atoms with Crippen LogP contribution in [0.15, 0.2) is 24.3 Å². The highest BCUT2D eigenvalue weighted by atomic mass is 35.5. The van der Waals surface area contributed by atoms with E-state index in [1.807, 2.05) is 0 Å². The zero-order valence-electron chi connectivity index (χ0n) is 13.3. The van der Waals surface area contributed by atoms with E-state index in [2.05, 4.69) is 20.8 Å². The minimum atomic E-state index is -1.24. The summed E-state index contributed by atoms with van der Waals surface area (Å²) in [4.78, 5) is 0. The summed E-state index contributed by atoms with van der Waals surface area (Å²) >= 11 is 0. The normalized spacial score (nSPS) is 24.7. The average Bonchev–Trinajstić information content (AvgIpc) is 3.13. The number of hydrogen-bond acceptors (Lipinski definition) is 4. The van der Waals surface area contributed by atoms with E-state index in [1.165, 1.54) is 6.07 Å². The molecule has 1 saturated heterocycles. The van der Waals surface area contributed by atoms with Crippen LogP contribution < -0.4 is 10.6 Å². The van der Waals surface area contributed by atoms with E-state index >= 15 is 0 Å². The number of nitrogens with one attached hydrogen (secondary N) is 2. The molecule has 4 nitrogen and oxygen atoms in total. The van der Waals surface area contributed by atoms with E-state index < -0.39 is 17.5 Å². The largest absolute Gasteiger partial charge is 0.366 e. The molecule has 1 aromatic carbocycles. The van der Waals surface area contributed by atoms with Gasteiger partial charge in [0.2, 0.25) is 0 Å². The lowest BCUT2D eigenvalue weighted by atomic mass is 10.0. The second-order valence-corrected chi connectivity index (χ2v) is 6.54. The van der Waals surface area contributed by atoms with Gasteiger partial charge in [0.1, 0.15) is 11.6 Å². The molecule has 2 aliphatic rings. The molecule has 1 aromatic heterocycles. The van der Waals surface area contributed by atoms with Gasteiger partial charge in [-0.3, -0.25) is 0 Å². The molecular formula is C17H18ClF3N4. The van der Waals surface area contributed by atoms with Crippen LogP contribution in [0.25, 0.3) is 11.3 Å². The predicted octanol–water partition coefficient (Wildman–Crippen LogP) is 3.39. The fourth-order valence-corrected chi connectivity index (χ4v) is 3.79. The summed E-state index contributed by atoms with van der Waals surface area (Å²) in [5, 5.41) is 14.7. The number of halogens is 4. The number of nitrogens with zero attached hydrogens (tertiary/aromatic N) is 2. The Hall–Kier alpha value is -1.86. The third kappa shape index (κ3) is 3.57. The minimum absolute atomic E-state index is 0. The van der Waals surface area contributed by atoms with Gasteiger partial charge in [0, 0.05) is 17.7 Å². The lowest BCUT2D eigenvalue weighted by Crippen LogP contribution is -2.21. The Bertz CT molecular complexity index is 744. The van der Waals surface area contributed by atoms with Crippen molar-refractivity contribution in [2.24, 2.45) is 11.8 Å². The van der Waals surface area contributed by atoms with Crippen LogP contribution in [0, 0.1) is 29.3 Å². The van der Waals surface area contributed by atoms with Gasteiger partial charge in [0.15, 0.2) is 11.6 Å². The molecule has 2 aromatic rings. The summed E-state index contributed by atoms with van der Waals surface area (Å²) in [5.74, 6) is -1.20. The van der Waals surface area contributed by atoms with Gasteiger partial charge in [0.05, 0.1) is 5.69 Å². The van der Waals surface area contributed by atoms with E-state index in [0.717, 1.165) is 32.0 Å². The zero-order chi connectivity index (χ0) is 16.7. The van der Waals surface area contributed by atoms with E-state index in [0.29, 0.717) is 29.8 Å².